The Morgan fingerprint density at radius 1 is 0.955 bits per heavy atom. The number of unbranched alkanes of at least 4 members (excludes halogenated alkanes) is 6. The van der Waals surface area contributed by atoms with Crippen LogP contribution in [0.4, 0.5) is 5.95 Å². The van der Waals surface area contributed by atoms with Crippen LogP contribution in [0.5, 0.6) is 0 Å². The molecule has 0 aromatic carbocycles. The second-order valence-electron chi connectivity index (χ2n) is 5.37. The SMILES string of the molecule is CCCCCCN(CCCCCC)c1nc(=S)nc([S-])[nH]1.[Na+]. The summed E-state index contributed by atoms with van der Waals surface area (Å²) in [7, 11) is 0. The van der Waals surface area contributed by atoms with E-state index in [9.17, 15) is 0 Å². The monoisotopic (exact) mass is 350 g/mol. The molecule has 0 saturated heterocycles. The van der Waals surface area contributed by atoms with Gasteiger partial charge in [0.2, 0.25) is 10.7 Å². The molecule has 120 valence electrons. The van der Waals surface area contributed by atoms with Crippen LogP contribution in [0.25, 0.3) is 0 Å². The molecule has 0 aliphatic carbocycles. The zero-order valence-corrected chi connectivity index (χ0v) is 17.9. The molecule has 0 radical (unpaired) electrons. The van der Waals surface area contributed by atoms with Crippen molar-refractivity contribution < 1.29 is 29.6 Å². The third kappa shape index (κ3) is 9.40. The molecule has 0 aliphatic heterocycles. The van der Waals surface area contributed by atoms with Crippen LogP contribution in [0.1, 0.15) is 65.2 Å². The Bertz CT molecular complexity index is 441. The van der Waals surface area contributed by atoms with Gasteiger partial charge in [-0.2, -0.15) is 4.98 Å². The fraction of sp³-hybridized carbons (Fsp3) is 0.800. The van der Waals surface area contributed by atoms with Crippen molar-refractivity contribution in [2.24, 2.45) is 0 Å². The van der Waals surface area contributed by atoms with Gasteiger partial charge in [0.15, 0.2) is 0 Å². The van der Waals surface area contributed by atoms with Crippen molar-refractivity contribution in [3.05, 3.63) is 4.77 Å². The van der Waals surface area contributed by atoms with E-state index in [1.165, 1.54) is 51.4 Å². The van der Waals surface area contributed by atoms with Crippen LogP contribution in [0.2, 0.25) is 0 Å². The maximum absolute atomic E-state index is 5.11. The van der Waals surface area contributed by atoms with Gasteiger partial charge in [-0.3, -0.25) is 0 Å². The quantitative estimate of drug-likeness (QED) is 0.283. The fourth-order valence-electron chi connectivity index (χ4n) is 2.29. The summed E-state index contributed by atoms with van der Waals surface area (Å²) in [6.07, 6.45) is 9.96. The minimum absolute atomic E-state index is 0. The van der Waals surface area contributed by atoms with E-state index < -0.39 is 0 Å². The van der Waals surface area contributed by atoms with Crippen molar-refractivity contribution in [3.8, 4) is 0 Å². The van der Waals surface area contributed by atoms with Gasteiger partial charge in [0, 0.05) is 13.1 Å². The van der Waals surface area contributed by atoms with Crippen LogP contribution in [-0.2, 0) is 12.6 Å². The number of aromatic nitrogens is 3. The summed E-state index contributed by atoms with van der Waals surface area (Å²) in [5.41, 5.74) is 0. The van der Waals surface area contributed by atoms with Crippen LogP contribution < -0.4 is 34.5 Å². The molecule has 1 aromatic rings. The van der Waals surface area contributed by atoms with Gasteiger partial charge in [0.25, 0.3) is 0 Å². The molecule has 0 bridgehead atoms. The molecular formula is C15H27N4NaS2. The number of hydrogen-bond donors (Lipinski definition) is 1. The van der Waals surface area contributed by atoms with Gasteiger partial charge in [-0.15, -0.1) is 0 Å². The average molecular weight is 351 g/mol. The van der Waals surface area contributed by atoms with E-state index in [1.807, 2.05) is 0 Å². The van der Waals surface area contributed by atoms with E-state index in [0.717, 1.165) is 19.0 Å². The predicted molar refractivity (Wildman–Crippen MR) is 93.3 cm³/mol. The molecule has 1 aromatic heterocycles. The van der Waals surface area contributed by atoms with Gasteiger partial charge in [-0.1, -0.05) is 52.4 Å². The molecule has 22 heavy (non-hydrogen) atoms. The van der Waals surface area contributed by atoms with E-state index in [4.69, 9.17) is 24.8 Å². The zero-order valence-electron chi connectivity index (χ0n) is 14.2. The van der Waals surface area contributed by atoms with Crippen molar-refractivity contribution in [2.75, 3.05) is 18.0 Å². The standard InChI is InChI=1S/C15H28N4S2.Na/c1-3-5-7-9-11-19(12-10-8-6-4-2)13-16-14(20)18-15(21)17-13;/h3-12H2,1-2H3,(H2,16,17,18,20,21);/q;+1/p-1. The van der Waals surface area contributed by atoms with Crippen molar-refractivity contribution in [3.63, 3.8) is 0 Å². The largest absolute Gasteiger partial charge is 1.00 e. The second-order valence-corrected chi connectivity index (χ2v) is 6.12. The third-order valence-corrected chi connectivity index (χ3v) is 3.86. The summed E-state index contributed by atoms with van der Waals surface area (Å²) in [4.78, 5) is 13.7. The number of rotatable bonds is 11. The smallest absolute Gasteiger partial charge is 0.742 e. The topological polar surface area (TPSA) is 44.8 Å². The number of nitrogens with zero attached hydrogens (tertiary/aromatic N) is 3. The molecule has 7 heteroatoms. The first-order valence-corrected chi connectivity index (χ1v) is 8.89. The van der Waals surface area contributed by atoms with Crippen molar-refractivity contribution >= 4 is 30.8 Å². The molecule has 0 amide bonds. The maximum atomic E-state index is 5.11. The summed E-state index contributed by atoms with van der Waals surface area (Å²) in [6, 6.07) is 0. The zero-order chi connectivity index (χ0) is 15.5. The van der Waals surface area contributed by atoms with Crippen LogP contribution >= 0.6 is 12.2 Å². The molecule has 0 atom stereocenters. The number of nitrogens with one attached hydrogen (secondary N) is 1. The normalized spacial score (nSPS) is 10.3. The average Bonchev–Trinajstić information content (AvgIpc) is 2.44. The van der Waals surface area contributed by atoms with Gasteiger partial charge in [0.05, 0.1) is 0 Å². The Balaban J connectivity index is 0.00000441. The molecule has 0 aliphatic rings. The van der Waals surface area contributed by atoms with Crippen molar-refractivity contribution in [1.29, 1.82) is 0 Å². The number of hydrogen-bond acceptors (Lipinski definition) is 5. The first-order chi connectivity index (χ1) is 10.2. The molecule has 0 saturated carbocycles. The molecule has 1 heterocycles. The molecular weight excluding hydrogens is 323 g/mol. The van der Waals surface area contributed by atoms with E-state index in [1.54, 1.807) is 0 Å². The summed E-state index contributed by atoms with van der Waals surface area (Å²) >= 11 is 10.2. The summed E-state index contributed by atoms with van der Waals surface area (Å²) in [5, 5.41) is 0.428. The molecule has 4 nitrogen and oxygen atoms in total. The molecule has 1 N–H and O–H groups in total. The van der Waals surface area contributed by atoms with Crippen LogP contribution in [0.3, 0.4) is 0 Å². The van der Waals surface area contributed by atoms with Crippen molar-refractivity contribution in [1.82, 2.24) is 15.0 Å². The Morgan fingerprint density at radius 3 is 1.95 bits per heavy atom. The van der Waals surface area contributed by atoms with Crippen LogP contribution in [0.15, 0.2) is 5.16 Å². The van der Waals surface area contributed by atoms with Crippen LogP contribution in [0, 0.1) is 4.77 Å². The summed E-state index contributed by atoms with van der Waals surface area (Å²) < 4.78 is 0.334. The first kappa shape index (κ1) is 22.2. The number of H-pyrrole nitrogens is 1. The van der Waals surface area contributed by atoms with Gasteiger partial charge in [0.1, 0.15) is 0 Å². The predicted octanol–water partition coefficient (Wildman–Crippen LogP) is 1.41. The maximum Gasteiger partial charge on any atom is 1.00 e. The van der Waals surface area contributed by atoms with E-state index in [2.05, 4.69) is 33.7 Å². The minimum Gasteiger partial charge on any atom is -0.742 e. The van der Waals surface area contributed by atoms with Gasteiger partial charge in [-0.25, -0.2) is 4.98 Å². The van der Waals surface area contributed by atoms with Gasteiger partial charge < -0.3 is 22.5 Å². The molecule has 0 fully saturated rings. The Hall–Kier alpha value is 0.250. The van der Waals surface area contributed by atoms with E-state index in [-0.39, 0.29) is 29.6 Å². The molecule has 0 spiro atoms. The second kappa shape index (κ2) is 13.7. The molecule has 1 rings (SSSR count). The van der Waals surface area contributed by atoms with Gasteiger partial charge >= 0.3 is 29.6 Å². The van der Waals surface area contributed by atoms with E-state index >= 15 is 0 Å². The third-order valence-electron chi connectivity index (χ3n) is 3.48. The number of aromatic amines is 1. The van der Waals surface area contributed by atoms with Crippen LogP contribution in [-0.4, -0.2) is 28.0 Å². The van der Waals surface area contributed by atoms with Crippen molar-refractivity contribution in [2.45, 2.75) is 70.4 Å². The molecule has 0 unspecified atom stereocenters. The van der Waals surface area contributed by atoms with Gasteiger partial charge in [-0.05, 0) is 30.2 Å². The first-order valence-electron chi connectivity index (χ1n) is 8.07. The van der Waals surface area contributed by atoms with E-state index in [0.29, 0.717) is 9.93 Å². The summed E-state index contributed by atoms with van der Waals surface area (Å²) in [6.45, 7) is 6.47. The Morgan fingerprint density at radius 2 is 1.50 bits per heavy atom. The minimum atomic E-state index is 0. The Labute approximate surface area is 167 Å². The number of anilines is 1. The summed E-state index contributed by atoms with van der Waals surface area (Å²) in [5.74, 6) is 0.785. The Kier molecular flexibility index (Phi) is 13.8. The fourth-order valence-corrected chi connectivity index (χ4v) is 2.70.